The number of urea groups is 1. The molecule has 0 fully saturated rings. The first-order chi connectivity index (χ1) is 13.0. The summed E-state index contributed by atoms with van der Waals surface area (Å²) in [6.45, 7) is -3.22. The SMILES string of the molecule is O=C(COC(=O)CN=C1NS(=O)(=O)c2ccccc21)NC(=O)NCC(F)(F)F. The Labute approximate surface area is 156 Å². The number of sulfonamides is 1. The van der Waals surface area contributed by atoms with Crippen LogP contribution in [0.3, 0.4) is 0 Å². The lowest BCUT2D eigenvalue weighted by atomic mass is 10.2. The summed E-state index contributed by atoms with van der Waals surface area (Å²) in [6.07, 6.45) is -4.65. The third kappa shape index (κ3) is 5.94. The molecule has 1 heterocycles. The van der Waals surface area contributed by atoms with Crippen LogP contribution in [0, 0.1) is 0 Å². The molecule has 0 bridgehead atoms. The highest BCUT2D eigenvalue weighted by Crippen LogP contribution is 2.22. The van der Waals surface area contributed by atoms with E-state index in [0.717, 1.165) is 0 Å². The van der Waals surface area contributed by atoms with Crippen molar-refractivity contribution in [2.24, 2.45) is 4.99 Å². The van der Waals surface area contributed by atoms with Gasteiger partial charge in [-0.15, -0.1) is 0 Å². The smallest absolute Gasteiger partial charge is 0.405 e. The van der Waals surface area contributed by atoms with E-state index in [0.29, 0.717) is 0 Å². The molecular formula is C14H13F3N4O6S. The molecule has 0 atom stereocenters. The molecule has 0 saturated carbocycles. The predicted octanol–water partition coefficient (Wildman–Crippen LogP) is -0.344. The molecule has 2 rings (SSSR count). The summed E-state index contributed by atoms with van der Waals surface area (Å²) >= 11 is 0. The molecule has 0 radical (unpaired) electrons. The first-order valence-electron chi connectivity index (χ1n) is 7.45. The quantitative estimate of drug-likeness (QED) is 0.554. The van der Waals surface area contributed by atoms with Crippen LogP contribution in [0.15, 0.2) is 34.2 Å². The number of hydrogen-bond donors (Lipinski definition) is 3. The number of nitrogens with one attached hydrogen (secondary N) is 3. The summed E-state index contributed by atoms with van der Waals surface area (Å²) in [6, 6.07) is 4.51. The average Bonchev–Trinajstić information content (AvgIpc) is 2.87. The number of amides is 3. The van der Waals surface area contributed by atoms with Gasteiger partial charge in [-0.1, -0.05) is 12.1 Å². The normalized spacial score (nSPS) is 16.0. The highest BCUT2D eigenvalue weighted by molar-refractivity contribution is 7.90. The minimum absolute atomic E-state index is 0.00800. The molecule has 152 valence electrons. The summed E-state index contributed by atoms with van der Waals surface area (Å²) in [5, 5.41) is 2.93. The van der Waals surface area contributed by atoms with Gasteiger partial charge in [0, 0.05) is 5.56 Å². The highest BCUT2D eigenvalue weighted by Gasteiger charge is 2.30. The largest absolute Gasteiger partial charge is 0.454 e. The van der Waals surface area contributed by atoms with Crippen LogP contribution in [-0.4, -0.2) is 58.0 Å². The van der Waals surface area contributed by atoms with Crippen LogP contribution in [0.5, 0.6) is 0 Å². The van der Waals surface area contributed by atoms with Crippen LogP contribution in [0.1, 0.15) is 5.56 Å². The van der Waals surface area contributed by atoms with Crippen molar-refractivity contribution in [3.63, 3.8) is 0 Å². The average molecular weight is 422 g/mol. The van der Waals surface area contributed by atoms with E-state index >= 15 is 0 Å². The Morgan fingerprint density at radius 2 is 1.86 bits per heavy atom. The second-order valence-corrected chi connectivity index (χ2v) is 6.92. The van der Waals surface area contributed by atoms with Gasteiger partial charge < -0.3 is 10.1 Å². The fraction of sp³-hybridized carbons (Fsp3) is 0.286. The zero-order valence-electron chi connectivity index (χ0n) is 13.9. The fourth-order valence-electron chi connectivity index (χ4n) is 1.97. The molecule has 0 saturated heterocycles. The molecule has 0 unspecified atom stereocenters. The molecule has 14 heteroatoms. The standard InChI is InChI=1S/C14H13F3N4O6S/c15-14(16,17)7-19-13(24)20-10(22)6-27-11(23)5-18-12-8-3-1-2-4-9(8)28(25,26)21-12/h1-4H,5-7H2,(H,18,21)(H2,19,20,22,24). The Morgan fingerprint density at radius 1 is 1.18 bits per heavy atom. The van der Waals surface area contributed by atoms with Crippen LogP contribution < -0.4 is 15.4 Å². The van der Waals surface area contributed by atoms with Crippen molar-refractivity contribution < 1.29 is 40.7 Å². The number of nitrogens with zero attached hydrogens (tertiary/aromatic N) is 1. The maximum atomic E-state index is 11.9. The summed E-state index contributed by atoms with van der Waals surface area (Å²) in [7, 11) is -3.78. The van der Waals surface area contributed by atoms with Gasteiger partial charge in [-0.2, -0.15) is 13.2 Å². The molecule has 1 aromatic rings. The number of rotatable bonds is 5. The Balaban J connectivity index is 1.81. The number of carbonyl (C=O) groups is 3. The van der Waals surface area contributed by atoms with Gasteiger partial charge in [0.05, 0.1) is 4.90 Å². The molecule has 1 aromatic carbocycles. The van der Waals surface area contributed by atoms with Gasteiger partial charge >= 0.3 is 18.2 Å². The van der Waals surface area contributed by atoms with Gasteiger partial charge in [-0.05, 0) is 12.1 Å². The maximum Gasteiger partial charge on any atom is 0.405 e. The number of amidine groups is 1. The second kappa shape index (κ2) is 8.24. The number of aliphatic imine (C=N–C) groups is 1. The number of benzene rings is 1. The minimum atomic E-state index is -4.65. The first kappa shape index (κ1) is 21.1. The Morgan fingerprint density at radius 3 is 2.54 bits per heavy atom. The van der Waals surface area contributed by atoms with Crippen LogP contribution in [0.4, 0.5) is 18.0 Å². The lowest BCUT2D eigenvalue weighted by molar-refractivity contribution is -0.146. The van der Waals surface area contributed by atoms with E-state index in [-0.39, 0.29) is 16.3 Å². The number of halogens is 3. The van der Waals surface area contributed by atoms with E-state index in [2.05, 4.69) is 14.5 Å². The minimum Gasteiger partial charge on any atom is -0.454 e. The van der Waals surface area contributed by atoms with Crippen molar-refractivity contribution in [1.82, 2.24) is 15.4 Å². The predicted molar refractivity (Wildman–Crippen MR) is 86.7 cm³/mol. The van der Waals surface area contributed by atoms with Gasteiger partial charge in [0.1, 0.15) is 18.9 Å². The topological polar surface area (TPSA) is 143 Å². The van der Waals surface area contributed by atoms with Crippen molar-refractivity contribution in [3.8, 4) is 0 Å². The molecule has 0 aromatic heterocycles. The molecular weight excluding hydrogens is 409 g/mol. The molecule has 3 N–H and O–H groups in total. The highest BCUT2D eigenvalue weighted by atomic mass is 32.2. The Bertz CT molecular complexity index is 929. The number of alkyl halides is 3. The summed E-state index contributed by atoms with van der Waals surface area (Å²) in [5.41, 5.74) is 0.259. The van der Waals surface area contributed by atoms with Crippen molar-refractivity contribution in [2.75, 3.05) is 19.7 Å². The summed E-state index contributed by atoms with van der Waals surface area (Å²) < 4.78 is 66.1. The van der Waals surface area contributed by atoms with E-state index in [9.17, 15) is 36.0 Å². The summed E-state index contributed by atoms with van der Waals surface area (Å²) in [5.74, 6) is -2.27. The molecule has 0 aliphatic carbocycles. The molecule has 0 spiro atoms. The van der Waals surface area contributed by atoms with Crippen molar-refractivity contribution in [2.45, 2.75) is 11.1 Å². The van der Waals surface area contributed by atoms with Crippen LogP contribution in [0.25, 0.3) is 0 Å². The monoisotopic (exact) mass is 422 g/mol. The van der Waals surface area contributed by atoms with E-state index in [4.69, 9.17) is 0 Å². The van der Waals surface area contributed by atoms with Crippen molar-refractivity contribution in [3.05, 3.63) is 29.8 Å². The number of hydrogen-bond acceptors (Lipinski definition) is 7. The van der Waals surface area contributed by atoms with E-state index < -0.39 is 53.8 Å². The second-order valence-electron chi connectivity index (χ2n) is 5.27. The maximum absolute atomic E-state index is 11.9. The van der Waals surface area contributed by atoms with Gasteiger partial charge in [0.2, 0.25) is 0 Å². The Hall–Kier alpha value is -3.16. The number of ether oxygens (including phenoxy) is 1. The number of fused-ring (bicyclic) bond motifs is 1. The van der Waals surface area contributed by atoms with Gasteiger partial charge in [0.15, 0.2) is 6.61 Å². The first-order valence-corrected chi connectivity index (χ1v) is 8.93. The van der Waals surface area contributed by atoms with E-state index in [1.54, 1.807) is 6.07 Å². The number of esters is 1. The van der Waals surface area contributed by atoms with Crippen LogP contribution >= 0.6 is 0 Å². The van der Waals surface area contributed by atoms with E-state index in [1.165, 1.54) is 28.8 Å². The third-order valence-electron chi connectivity index (χ3n) is 3.10. The fourth-order valence-corrected chi connectivity index (χ4v) is 3.22. The van der Waals surface area contributed by atoms with Crippen molar-refractivity contribution in [1.29, 1.82) is 0 Å². The van der Waals surface area contributed by atoms with Gasteiger partial charge in [-0.3, -0.25) is 24.6 Å². The molecule has 28 heavy (non-hydrogen) atoms. The Kier molecular flexibility index (Phi) is 6.23. The van der Waals surface area contributed by atoms with Gasteiger partial charge in [-0.25, -0.2) is 13.2 Å². The van der Waals surface area contributed by atoms with Gasteiger partial charge in [0.25, 0.3) is 15.9 Å². The lowest BCUT2D eigenvalue weighted by Crippen LogP contribution is -2.44. The van der Waals surface area contributed by atoms with E-state index in [1.807, 2.05) is 0 Å². The molecule has 10 nitrogen and oxygen atoms in total. The zero-order valence-corrected chi connectivity index (χ0v) is 14.7. The molecule has 3 amide bonds. The molecule has 1 aliphatic heterocycles. The molecule has 1 aliphatic rings. The summed E-state index contributed by atoms with van der Waals surface area (Å²) in [4.78, 5) is 37.7. The lowest BCUT2D eigenvalue weighted by Gasteiger charge is -2.09. The number of carbonyl (C=O) groups excluding carboxylic acids is 3. The van der Waals surface area contributed by atoms with Crippen LogP contribution in [-0.2, 0) is 24.3 Å². The van der Waals surface area contributed by atoms with Crippen LogP contribution in [0.2, 0.25) is 0 Å². The van der Waals surface area contributed by atoms with Crippen molar-refractivity contribution >= 4 is 33.8 Å². The zero-order chi connectivity index (χ0) is 20.9. The third-order valence-corrected chi connectivity index (χ3v) is 4.49. The number of imide groups is 1.